The fourth-order valence-electron chi connectivity index (χ4n) is 2.50. The summed E-state index contributed by atoms with van der Waals surface area (Å²) >= 11 is 0. The zero-order valence-corrected chi connectivity index (χ0v) is 13.2. The van der Waals surface area contributed by atoms with Crippen LogP contribution in [0.25, 0.3) is 0 Å². The van der Waals surface area contributed by atoms with Crippen LogP contribution in [0.5, 0.6) is 5.75 Å². The summed E-state index contributed by atoms with van der Waals surface area (Å²) in [5.74, 6) is 0.981. The summed E-state index contributed by atoms with van der Waals surface area (Å²) < 4.78 is 7.82. The molecule has 2 rings (SSSR count). The van der Waals surface area contributed by atoms with Gasteiger partial charge in [-0.15, -0.1) is 0 Å². The molecule has 0 saturated carbocycles. The fourth-order valence-corrected chi connectivity index (χ4v) is 2.50. The molecular formula is C17H25N3O. The predicted octanol–water partition coefficient (Wildman–Crippen LogP) is 3.10. The minimum atomic E-state index is 0.351. The largest absolute Gasteiger partial charge is 0.493 e. The number of aryl methyl sites for hydroxylation is 1. The quantitative estimate of drug-likeness (QED) is 0.811. The highest BCUT2D eigenvalue weighted by molar-refractivity contribution is 5.36. The Hall–Kier alpha value is -1.81. The lowest BCUT2D eigenvalue weighted by Crippen LogP contribution is -2.21. The van der Waals surface area contributed by atoms with Gasteiger partial charge in [0.2, 0.25) is 0 Å². The summed E-state index contributed by atoms with van der Waals surface area (Å²) in [6.07, 6.45) is 5.85. The molecule has 0 spiro atoms. The van der Waals surface area contributed by atoms with Gasteiger partial charge in [-0.2, -0.15) is 5.10 Å². The second-order valence-electron chi connectivity index (χ2n) is 5.18. The predicted molar refractivity (Wildman–Crippen MR) is 85.6 cm³/mol. The van der Waals surface area contributed by atoms with Gasteiger partial charge in [-0.25, -0.2) is 0 Å². The third-order valence-corrected chi connectivity index (χ3v) is 3.56. The van der Waals surface area contributed by atoms with Crippen LogP contribution < -0.4 is 10.1 Å². The van der Waals surface area contributed by atoms with E-state index in [1.165, 1.54) is 11.1 Å². The number of hydrogen-bond donors (Lipinski definition) is 1. The van der Waals surface area contributed by atoms with E-state index in [0.29, 0.717) is 12.6 Å². The molecule has 0 fully saturated rings. The van der Waals surface area contributed by atoms with Crippen LogP contribution in [-0.4, -0.2) is 22.9 Å². The zero-order chi connectivity index (χ0) is 15.1. The molecule has 1 aromatic heterocycles. The Balaban J connectivity index is 1.99. The molecule has 0 aliphatic heterocycles. The second kappa shape index (κ2) is 7.84. The van der Waals surface area contributed by atoms with Crippen LogP contribution in [0.4, 0.5) is 0 Å². The molecule has 114 valence electrons. The molecule has 0 aliphatic rings. The second-order valence-corrected chi connectivity index (χ2v) is 5.18. The van der Waals surface area contributed by atoms with Crippen molar-refractivity contribution in [2.24, 2.45) is 7.05 Å². The van der Waals surface area contributed by atoms with Gasteiger partial charge in [0.15, 0.2) is 0 Å². The summed E-state index contributed by atoms with van der Waals surface area (Å²) in [5.41, 5.74) is 2.45. The molecule has 1 aromatic carbocycles. The van der Waals surface area contributed by atoms with Crippen molar-refractivity contribution in [3.05, 3.63) is 47.8 Å². The van der Waals surface area contributed by atoms with Crippen molar-refractivity contribution in [2.45, 2.75) is 32.7 Å². The van der Waals surface area contributed by atoms with Gasteiger partial charge in [0.1, 0.15) is 5.75 Å². The maximum Gasteiger partial charge on any atom is 0.124 e. The van der Waals surface area contributed by atoms with Crippen LogP contribution in [0.15, 0.2) is 36.7 Å². The summed E-state index contributed by atoms with van der Waals surface area (Å²) in [5, 5.41) is 7.68. The molecule has 4 nitrogen and oxygen atoms in total. The molecule has 0 aliphatic carbocycles. The Labute approximate surface area is 127 Å². The SMILES string of the molecule is CCNC(CC)c1ccccc1OCCc1cnn(C)c1. The Kier molecular flexibility index (Phi) is 5.81. The number of nitrogens with zero attached hydrogens (tertiary/aromatic N) is 2. The lowest BCUT2D eigenvalue weighted by molar-refractivity contribution is 0.314. The van der Waals surface area contributed by atoms with Gasteiger partial charge in [-0.3, -0.25) is 4.68 Å². The average molecular weight is 287 g/mol. The Morgan fingerprint density at radius 1 is 1.29 bits per heavy atom. The third-order valence-electron chi connectivity index (χ3n) is 3.56. The Morgan fingerprint density at radius 2 is 2.10 bits per heavy atom. The molecule has 1 N–H and O–H groups in total. The lowest BCUT2D eigenvalue weighted by atomic mass is 10.0. The first-order valence-electron chi connectivity index (χ1n) is 7.67. The fraction of sp³-hybridized carbons (Fsp3) is 0.471. The number of aromatic nitrogens is 2. The van der Waals surface area contributed by atoms with E-state index in [-0.39, 0.29) is 0 Å². The van der Waals surface area contributed by atoms with Crippen LogP contribution in [0.2, 0.25) is 0 Å². The van der Waals surface area contributed by atoms with Gasteiger partial charge in [-0.1, -0.05) is 32.0 Å². The molecule has 1 heterocycles. The lowest BCUT2D eigenvalue weighted by Gasteiger charge is -2.20. The van der Waals surface area contributed by atoms with E-state index in [9.17, 15) is 0 Å². The maximum absolute atomic E-state index is 6.00. The minimum absolute atomic E-state index is 0.351. The van der Waals surface area contributed by atoms with Crippen molar-refractivity contribution < 1.29 is 4.74 Å². The van der Waals surface area contributed by atoms with Crippen molar-refractivity contribution in [3.8, 4) is 5.75 Å². The van der Waals surface area contributed by atoms with Crippen molar-refractivity contribution in [3.63, 3.8) is 0 Å². The molecule has 1 unspecified atom stereocenters. The Morgan fingerprint density at radius 3 is 2.76 bits per heavy atom. The van der Waals surface area contributed by atoms with Crippen LogP contribution >= 0.6 is 0 Å². The van der Waals surface area contributed by atoms with E-state index in [2.05, 4.69) is 42.5 Å². The van der Waals surface area contributed by atoms with Crippen LogP contribution in [-0.2, 0) is 13.5 Å². The van der Waals surface area contributed by atoms with Crippen molar-refractivity contribution in [1.29, 1.82) is 0 Å². The highest BCUT2D eigenvalue weighted by Crippen LogP contribution is 2.27. The van der Waals surface area contributed by atoms with Crippen molar-refractivity contribution >= 4 is 0 Å². The molecule has 2 aromatic rings. The van der Waals surface area contributed by atoms with Gasteiger partial charge in [-0.05, 0) is 24.6 Å². The first kappa shape index (κ1) is 15.6. The van der Waals surface area contributed by atoms with Crippen LogP contribution in [0.1, 0.15) is 37.4 Å². The maximum atomic E-state index is 6.00. The highest BCUT2D eigenvalue weighted by Gasteiger charge is 2.13. The number of benzene rings is 1. The Bertz CT molecular complexity index is 550. The first-order chi connectivity index (χ1) is 10.2. The van der Waals surface area contributed by atoms with E-state index in [4.69, 9.17) is 4.74 Å². The van der Waals surface area contributed by atoms with Gasteiger partial charge in [0.25, 0.3) is 0 Å². The molecule has 0 radical (unpaired) electrons. The zero-order valence-electron chi connectivity index (χ0n) is 13.2. The smallest absolute Gasteiger partial charge is 0.124 e. The minimum Gasteiger partial charge on any atom is -0.493 e. The number of ether oxygens (including phenoxy) is 1. The molecule has 0 saturated heterocycles. The number of rotatable bonds is 8. The highest BCUT2D eigenvalue weighted by atomic mass is 16.5. The molecule has 1 atom stereocenters. The molecule has 0 bridgehead atoms. The van der Waals surface area contributed by atoms with Crippen molar-refractivity contribution in [1.82, 2.24) is 15.1 Å². The number of para-hydroxylation sites is 1. The molecule has 0 amide bonds. The van der Waals surface area contributed by atoms with Gasteiger partial charge in [0.05, 0.1) is 12.8 Å². The van der Waals surface area contributed by atoms with Crippen LogP contribution in [0, 0.1) is 0 Å². The molecule has 4 heteroatoms. The first-order valence-corrected chi connectivity index (χ1v) is 7.67. The topological polar surface area (TPSA) is 39.1 Å². The van der Waals surface area contributed by atoms with Gasteiger partial charge in [0, 0.05) is 31.3 Å². The summed E-state index contributed by atoms with van der Waals surface area (Å²) in [7, 11) is 1.93. The molecule has 21 heavy (non-hydrogen) atoms. The van der Waals surface area contributed by atoms with E-state index in [1.54, 1.807) is 0 Å². The number of nitrogens with one attached hydrogen (secondary N) is 1. The molecular weight excluding hydrogens is 262 g/mol. The number of hydrogen-bond acceptors (Lipinski definition) is 3. The summed E-state index contributed by atoms with van der Waals surface area (Å²) in [4.78, 5) is 0. The average Bonchev–Trinajstić information content (AvgIpc) is 2.91. The monoisotopic (exact) mass is 287 g/mol. The van der Waals surface area contributed by atoms with E-state index >= 15 is 0 Å². The summed E-state index contributed by atoms with van der Waals surface area (Å²) in [6, 6.07) is 8.66. The normalized spacial score (nSPS) is 12.3. The third kappa shape index (κ3) is 4.33. The summed E-state index contributed by atoms with van der Waals surface area (Å²) in [6.45, 7) is 5.96. The standard InChI is InChI=1S/C17H25N3O/c1-4-16(18-5-2)15-8-6-7-9-17(15)21-11-10-14-12-19-20(3)13-14/h6-9,12-13,16,18H,4-5,10-11H2,1-3H3. The van der Waals surface area contributed by atoms with E-state index in [1.807, 2.05) is 30.2 Å². The van der Waals surface area contributed by atoms with Crippen molar-refractivity contribution in [2.75, 3.05) is 13.2 Å². The van der Waals surface area contributed by atoms with E-state index < -0.39 is 0 Å². The van der Waals surface area contributed by atoms with Gasteiger partial charge >= 0.3 is 0 Å². The van der Waals surface area contributed by atoms with Crippen LogP contribution in [0.3, 0.4) is 0 Å². The van der Waals surface area contributed by atoms with E-state index in [0.717, 1.165) is 25.1 Å². The van der Waals surface area contributed by atoms with Gasteiger partial charge < -0.3 is 10.1 Å².